The molecule has 0 bridgehead atoms. The SMILES string of the molecule is CCC1(NC2CCCCCC2C#N)CCC1. The van der Waals surface area contributed by atoms with E-state index in [1.807, 2.05) is 0 Å². The van der Waals surface area contributed by atoms with Crippen LogP contribution in [0.15, 0.2) is 0 Å². The lowest BCUT2D eigenvalue weighted by molar-refractivity contribution is 0.141. The minimum Gasteiger partial charge on any atom is -0.307 e. The van der Waals surface area contributed by atoms with E-state index in [1.54, 1.807) is 0 Å². The second kappa shape index (κ2) is 5.19. The van der Waals surface area contributed by atoms with Gasteiger partial charge in [0.1, 0.15) is 0 Å². The number of nitriles is 1. The van der Waals surface area contributed by atoms with Crippen molar-refractivity contribution in [2.24, 2.45) is 5.92 Å². The van der Waals surface area contributed by atoms with Gasteiger partial charge >= 0.3 is 0 Å². The number of rotatable bonds is 3. The Bertz CT molecular complexity index is 257. The quantitative estimate of drug-likeness (QED) is 0.740. The van der Waals surface area contributed by atoms with E-state index in [0.717, 1.165) is 6.42 Å². The molecule has 1 N–H and O–H groups in total. The Morgan fingerprint density at radius 2 is 1.94 bits per heavy atom. The van der Waals surface area contributed by atoms with E-state index in [1.165, 1.54) is 51.4 Å². The molecule has 0 aromatic rings. The summed E-state index contributed by atoms with van der Waals surface area (Å²) < 4.78 is 0. The molecule has 2 atom stereocenters. The van der Waals surface area contributed by atoms with Crippen molar-refractivity contribution in [3.63, 3.8) is 0 Å². The number of hydrogen-bond donors (Lipinski definition) is 1. The molecule has 2 fully saturated rings. The van der Waals surface area contributed by atoms with E-state index in [0.29, 0.717) is 11.6 Å². The zero-order valence-electron chi connectivity index (χ0n) is 10.5. The van der Waals surface area contributed by atoms with Crippen molar-refractivity contribution in [1.82, 2.24) is 5.32 Å². The average molecular weight is 220 g/mol. The second-order valence-electron chi connectivity index (χ2n) is 5.61. The predicted octanol–water partition coefficient (Wildman–Crippen LogP) is 3.38. The third kappa shape index (κ3) is 2.40. The largest absolute Gasteiger partial charge is 0.307 e. The van der Waals surface area contributed by atoms with Crippen LogP contribution in [0.25, 0.3) is 0 Å². The van der Waals surface area contributed by atoms with E-state index in [2.05, 4.69) is 18.3 Å². The first kappa shape index (κ1) is 11.9. The summed E-state index contributed by atoms with van der Waals surface area (Å²) in [7, 11) is 0. The molecule has 2 unspecified atom stereocenters. The average Bonchev–Trinajstić information content (AvgIpc) is 2.48. The highest BCUT2D eigenvalue weighted by Gasteiger charge is 2.38. The van der Waals surface area contributed by atoms with Crippen molar-refractivity contribution < 1.29 is 0 Å². The lowest BCUT2D eigenvalue weighted by Gasteiger charge is -2.45. The molecular formula is C14H24N2. The Kier molecular flexibility index (Phi) is 3.86. The fourth-order valence-electron chi connectivity index (χ4n) is 3.23. The predicted molar refractivity (Wildman–Crippen MR) is 66.0 cm³/mol. The second-order valence-corrected chi connectivity index (χ2v) is 5.61. The minimum absolute atomic E-state index is 0.256. The van der Waals surface area contributed by atoms with Crippen LogP contribution in [-0.4, -0.2) is 11.6 Å². The van der Waals surface area contributed by atoms with Gasteiger partial charge in [-0.1, -0.05) is 26.2 Å². The van der Waals surface area contributed by atoms with Crippen LogP contribution < -0.4 is 5.32 Å². The maximum Gasteiger partial charge on any atom is 0.0672 e. The van der Waals surface area contributed by atoms with Crippen LogP contribution in [0.2, 0.25) is 0 Å². The Balaban J connectivity index is 1.97. The summed E-state index contributed by atoms with van der Waals surface area (Å²) in [6.07, 6.45) is 11.4. The van der Waals surface area contributed by atoms with Gasteiger partial charge in [0.05, 0.1) is 12.0 Å². The minimum atomic E-state index is 0.256. The van der Waals surface area contributed by atoms with Crippen molar-refractivity contribution in [3.8, 4) is 6.07 Å². The van der Waals surface area contributed by atoms with Gasteiger partial charge in [0.15, 0.2) is 0 Å². The maximum atomic E-state index is 9.26. The van der Waals surface area contributed by atoms with Crippen LogP contribution in [0.5, 0.6) is 0 Å². The summed E-state index contributed by atoms with van der Waals surface area (Å²) in [6.45, 7) is 2.28. The number of nitrogens with zero attached hydrogens (tertiary/aromatic N) is 1. The molecule has 0 aromatic heterocycles. The highest BCUT2D eigenvalue weighted by Crippen LogP contribution is 2.37. The summed E-state index contributed by atoms with van der Waals surface area (Å²) in [6, 6.07) is 2.99. The van der Waals surface area contributed by atoms with Crippen LogP contribution in [0, 0.1) is 17.2 Å². The Morgan fingerprint density at radius 3 is 2.50 bits per heavy atom. The third-order valence-corrected chi connectivity index (χ3v) is 4.66. The molecule has 0 aliphatic heterocycles. The molecule has 0 heterocycles. The highest BCUT2D eigenvalue weighted by atomic mass is 15.0. The molecule has 2 nitrogen and oxygen atoms in total. The van der Waals surface area contributed by atoms with Gasteiger partial charge in [-0.25, -0.2) is 0 Å². The molecule has 0 saturated heterocycles. The Labute approximate surface area is 99.4 Å². The number of hydrogen-bond acceptors (Lipinski definition) is 2. The highest BCUT2D eigenvalue weighted by molar-refractivity contribution is 5.01. The summed E-state index contributed by atoms with van der Waals surface area (Å²) in [5.41, 5.74) is 0.393. The van der Waals surface area contributed by atoms with Gasteiger partial charge in [-0.3, -0.25) is 0 Å². The molecule has 16 heavy (non-hydrogen) atoms. The van der Waals surface area contributed by atoms with Gasteiger partial charge in [-0.2, -0.15) is 5.26 Å². The van der Waals surface area contributed by atoms with Gasteiger partial charge in [0.25, 0.3) is 0 Å². The van der Waals surface area contributed by atoms with E-state index >= 15 is 0 Å². The molecule has 90 valence electrons. The van der Waals surface area contributed by atoms with Gasteiger partial charge in [0.2, 0.25) is 0 Å². The van der Waals surface area contributed by atoms with Crippen LogP contribution in [0.4, 0.5) is 0 Å². The lowest BCUT2D eigenvalue weighted by atomic mass is 9.73. The summed E-state index contributed by atoms with van der Waals surface area (Å²) in [4.78, 5) is 0. The molecule has 2 aliphatic carbocycles. The van der Waals surface area contributed by atoms with Crippen LogP contribution in [0.3, 0.4) is 0 Å². The lowest BCUT2D eigenvalue weighted by Crippen LogP contribution is -2.56. The maximum absolute atomic E-state index is 9.26. The summed E-state index contributed by atoms with van der Waals surface area (Å²) >= 11 is 0. The standard InChI is InChI=1S/C14H24N2/c1-2-14(9-6-10-14)16-13-8-5-3-4-7-12(13)11-15/h12-13,16H,2-10H2,1H3. The van der Waals surface area contributed by atoms with Crippen LogP contribution >= 0.6 is 0 Å². The molecule has 2 saturated carbocycles. The topological polar surface area (TPSA) is 35.8 Å². The molecule has 0 amide bonds. The summed E-state index contributed by atoms with van der Waals surface area (Å²) in [5.74, 6) is 0.256. The normalized spacial score (nSPS) is 33.5. The van der Waals surface area contributed by atoms with E-state index in [9.17, 15) is 5.26 Å². The van der Waals surface area contributed by atoms with Gasteiger partial charge < -0.3 is 5.32 Å². The first-order valence-corrected chi connectivity index (χ1v) is 6.97. The van der Waals surface area contributed by atoms with Crippen molar-refractivity contribution >= 4 is 0 Å². The zero-order valence-corrected chi connectivity index (χ0v) is 10.5. The van der Waals surface area contributed by atoms with Crippen LogP contribution in [0.1, 0.15) is 64.7 Å². The molecule has 2 aliphatic rings. The van der Waals surface area contributed by atoms with Gasteiger partial charge in [0, 0.05) is 11.6 Å². The zero-order chi connectivity index (χ0) is 11.4. The molecule has 0 spiro atoms. The molecule has 0 aromatic carbocycles. The summed E-state index contributed by atoms with van der Waals surface area (Å²) in [5, 5.41) is 13.1. The fourth-order valence-corrected chi connectivity index (χ4v) is 3.23. The van der Waals surface area contributed by atoms with Crippen LogP contribution in [-0.2, 0) is 0 Å². The Morgan fingerprint density at radius 1 is 1.19 bits per heavy atom. The number of nitrogens with one attached hydrogen (secondary N) is 1. The third-order valence-electron chi connectivity index (χ3n) is 4.66. The van der Waals surface area contributed by atoms with Crippen molar-refractivity contribution in [2.45, 2.75) is 76.3 Å². The first-order chi connectivity index (χ1) is 7.79. The van der Waals surface area contributed by atoms with Crippen molar-refractivity contribution in [2.75, 3.05) is 0 Å². The van der Waals surface area contributed by atoms with Crippen molar-refractivity contribution in [3.05, 3.63) is 0 Å². The van der Waals surface area contributed by atoms with E-state index < -0.39 is 0 Å². The smallest absolute Gasteiger partial charge is 0.0672 e. The Hall–Kier alpha value is -0.550. The van der Waals surface area contributed by atoms with Crippen molar-refractivity contribution in [1.29, 1.82) is 5.26 Å². The van der Waals surface area contributed by atoms with Gasteiger partial charge in [-0.05, 0) is 38.5 Å². The molecule has 2 rings (SSSR count). The molecule has 2 heteroatoms. The van der Waals surface area contributed by atoms with E-state index in [-0.39, 0.29) is 5.92 Å². The fraction of sp³-hybridized carbons (Fsp3) is 0.929. The monoisotopic (exact) mass is 220 g/mol. The molecule has 0 radical (unpaired) electrons. The van der Waals surface area contributed by atoms with E-state index in [4.69, 9.17) is 0 Å². The molecular weight excluding hydrogens is 196 g/mol. The van der Waals surface area contributed by atoms with Gasteiger partial charge in [-0.15, -0.1) is 0 Å². The first-order valence-electron chi connectivity index (χ1n) is 6.97.